The average molecular weight is 444 g/mol. The molecule has 7 heteroatoms. The molecule has 2 aromatic rings. The van der Waals surface area contributed by atoms with Gasteiger partial charge in [-0.25, -0.2) is 4.57 Å². The second-order valence-electron chi connectivity index (χ2n) is 7.58. The summed E-state index contributed by atoms with van der Waals surface area (Å²) in [5, 5.41) is 0. The first-order valence-corrected chi connectivity index (χ1v) is 11.1. The first-order chi connectivity index (χ1) is 15.7. The highest BCUT2D eigenvalue weighted by Crippen LogP contribution is 2.29. The van der Waals surface area contributed by atoms with Gasteiger partial charge in [0.2, 0.25) is 0 Å². The van der Waals surface area contributed by atoms with Gasteiger partial charge in [-0.05, 0) is 23.3 Å². The smallest absolute Gasteiger partial charge is 0.169 e. The first kappa shape index (κ1) is 24.2. The molecule has 0 amide bonds. The van der Waals surface area contributed by atoms with Crippen molar-refractivity contribution in [3.63, 3.8) is 0 Å². The molecule has 1 aliphatic rings. The van der Waals surface area contributed by atoms with Gasteiger partial charge in [0.1, 0.15) is 19.4 Å². The lowest BCUT2D eigenvalue weighted by atomic mass is 10.1. The summed E-state index contributed by atoms with van der Waals surface area (Å²) in [4.78, 5) is 2.15. The number of benzene rings is 1. The predicted molar refractivity (Wildman–Crippen MR) is 125 cm³/mol. The van der Waals surface area contributed by atoms with Crippen molar-refractivity contribution >= 4 is 17.8 Å². The van der Waals surface area contributed by atoms with Gasteiger partial charge in [-0.2, -0.15) is 0 Å². The van der Waals surface area contributed by atoms with Crippen molar-refractivity contribution in [2.75, 3.05) is 78.0 Å². The quantitative estimate of drug-likeness (QED) is 0.665. The van der Waals surface area contributed by atoms with E-state index in [1.807, 2.05) is 31.1 Å². The van der Waals surface area contributed by atoms with Crippen LogP contribution < -0.4 is 14.2 Å². The van der Waals surface area contributed by atoms with Crippen molar-refractivity contribution in [1.29, 1.82) is 0 Å². The van der Waals surface area contributed by atoms with Gasteiger partial charge in [0, 0.05) is 25.7 Å². The maximum Gasteiger partial charge on any atom is 0.169 e. The number of fused-ring (bicyclic) bond motifs is 1. The molecular weight excluding hydrogens is 408 g/mol. The Hall–Kier alpha value is -2.45. The Kier molecular flexibility index (Phi) is 10.5. The summed E-state index contributed by atoms with van der Waals surface area (Å²) in [7, 11) is 4.06. The SMILES string of the molecule is CN1CCOCCOCCOCCOCCOc2cc(/C=C/c3cc[n+](C)cc3)ccc21. The zero-order valence-electron chi connectivity index (χ0n) is 19.2. The molecule has 0 bridgehead atoms. The molecule has 0 spiro atoms. The Balaban J connectivity index is 1.68. The fourth-order valence-corrected chi connectivity index (χ4v) is 3.18. The Labute approximate surface area is 191 Å². The van der Waals surface area contributed by atoms with Crippen molar-refractivity contribution in [3.05, 3.63) is 53.9 Å². The third kappa shape index (κ3) is 8.59. The van der Waals surface area contributed by atoms with Crippen LogP contribution >= 0.6 is 0 Å². The van der Waals surface area contributed by atoms with Gasteiger partial charge in [0.05, 0.1) is 58.5 Å². The van der Waals surface area contributed by atoms with Gasteiger partial charge in [-0.15, -0.1) is 0 Å². The highest BCUT2D eigenvalue weighted by atomic mass is 16.6. The molecule has 1 aromatic heterocycles. The summed E-state index contributed by atoms with van der Waals surface area (Å²) >= 11 is 0. The van der Waals surface area contributed by atoms with Crippen LogP contribution in [-0.2, 0) is 26.0 Å². The van der Waals surface area contributed by atoms with Crippen LogP contribution in [-0.4, -0.2) is 73.1 Å². The van der Waals surface area contributed by atoms with Crippen molar-refractivity contribution in [1.82, 2.24) is 0 Å². The van der Waals surface area contributed by atoms with Gasteiger partial charge in [0.15, 0.2) is 12.4 Å². The minimum Gasteiger partial charge on any atom is -0.489 e. The zero-order chi connectivity index (χ0) is 22.4. The number of aryl methyl sites for hydroxylation is 1. The Morgan fingerprint density at radius 3 is 1.94 bits per heavy atom. The molecule has 0 saturated heterocycles. The molecule has 0 radical (unpaired) electrons. The summed E-state index contributed by atoms with van der Waals surface area (Å²) in [6.45, 7) is 5.71. The van der Waals surface area contributed by atoms with Crippen molar-refractivity contribution in [3.8, 4) is 5.75 Å². The number of likely N-dealkylation sites (N-methyl/N-ethyl adjacent to an activating group) is 1. The molecule has 0 unspecified atom stereocenters. The Bertz CT molecular complexity index is 826. The predicted octanol–water partition coefficient (Wildman–Crippen LogP) is 2.58. The second kappa shape index (κ2) is 13.9. The summed E-state index contributed by atoms with van der Waals surface area (Å²) < 4.78 is 30.4. The highest BCUT2D eigenvalue weighted by molar-refractivity contribution is 5.72. The second-order valence-corrected chi connectivity index (χ2v) is 7.58. The van der Waals surface area contributed by atoms with Crippen molar-refractivity contribution < 1.29 is 28.3 Å². The number of aromatic nitrogens is 1. The van der Waals surface area contributed by atoms with Crippen LogP contribution in [0.3, 0.4) is 0 Å². The number of pyridine rings is 1. The average Bonchev–Trinajstić information content (AvgIpc) is 2.80. The van der Waals surface area contributed by atoms with E-state index in [1.54, 1.807) is 0 Å². The number of rotatable bonds is 2. The highest BCUT2D eigenvalue weighted by Gasteiger charge is 2.10. The normalized spacial score (nSPS) is 17.9. The molecule has 32 heavy (non-hydrogen) atoms. The van der Waals surface area contributed by atoms with Gasteiger partial charge in [0.25, 0.3) is 0 Å². The molecule has 0 aliphatic carbocycles. The van der Waals surface area contributed by atoms with E-state index >= 15 is 0 Å². The molecule has 0 atom stereocenters. The topological polar surface area (TPSA) is 53.3 Å². The number of nitrogens with zero attached hydrogens (tertiary/aromatic N) is 2. The Morgan fingerprint density at radius 1 is 0.719 bits per heavy atom. The monoisotopic (exact) mass is 443 g/mol. The van der Waals surface area contributed by atoms with E-state index in [2.05, 4.69) is 47.4 Å². The maximum atomic E-state index is 6.11. The third-order valence-corrected chi connectivity index (χ3v) is 5.04. The number of hydrogen-bond donors (Lipinski definition) is 0. The first-order valence-electron chi connectivity index (χ1n) is 11.1. The molecule has 0 N–H and O–H groups in total. The van der Waals surface area contributed by atoms with E-state index in [4.69, 9.17) is 23.7 Å². The lowest BCUT2D eigenvalue weighted by molar-refractivity contribution is -0.671. The fraction of sp³-hybridized carbons (Fsp3) is 0.480. The van der Waals surface area contributed by atoms with E-state index < -0.39 is 0 Å². The standard InChI is InChI=1S/C25H35N2O5/c1-26-9-7-22(8-10-26)3-4-23-5-6-24-25(21-23)32-20-19-31-18-17-30-16-15-29-14-13-28-12-11-27(24)2/h3-10,21H,11-20H2,1-2H3/q+1. The van der Waals surface area contributed by atoms with Crippen molar-refractivity contribution in [2.45, 2.75) is 0 Å². The molecule has 3 rings (SSSR count). The van der Waals surface area contributed by atoms with Crippen LogP contribution in [0.2, 0.25) is 0 Å². The molecular formula is C25H35N2O5+. The minimum atomic E-state index is 0.475. The summed E-state index contributed by atoms with van der Waals surface area (Å²) in [5.74, 6) is 0.832. The third-order valence-electron chi connectivity index (χ3n) is 5.04. The van der Waals surface area contributed by atoms with Gasteiger partial charge >= 0.3 is 0 Å². The van der Waals surface area contributed by atoms with Gasteiger partial charge in [-0.1, -0.05) is 18.2 Å². The van der Waals surface area contributed by atoms with E-state index in [-0.39, 0.29) is 0 Å². The molecule has 7 nitrogen and oxygen atoms in total. The van der Waals surface area contributed by atoms with Crippen molar-refractivity contribution in [2.24, 2.45) is 7.05 Å². The van der Waals surface area contributed by atoms with Crippen LogP contribution in [0.1, 0.15) is 11.1 Å². The molecule has 174 valence electrons. The maximum absolute atomic E-state index is 6.11. The summed E-state index contributed by atoms with van der Waals surface area (Å²) in [5.41, 5.74) is 3.25. The number of hydrogen-bond acceptors (Lipinski definition) is 6. The number of anilines is 1. The molecule has 1 aliphatic heterocycles. The van der Waals surface area contributed by atoms with Crippen LogP contribution in [0.15, 0.2) is 42.7 Å². The number of ether oxygens (including phenoxy) is 5. The van der Waals surface area contributed by atoms with Gasteiger partial charge < -0.3 is 28.6 Å². The summed E-state index contributed by atoms with van der Waals surface area (Å²) in [6.07, 6.45) is 8.27. The van der Waals surface area contributed by atoms with Gasteiger partial charge in [-0.3, -0.25) is 0 Å². The van der Waals surface area contributed by atoms with Crippen LogP contribution in [0.4, 0.5) is 5.69 Å². The molecule has 0 saturated carbocycles. The molecule has 1 aromatic carbocycles. The van der Waals surface area contributed by atoms with E-state index in [9.17, 15) is 0 Å². The van der Waals surface area contributed by atoms with E-state index in [0.29, 0.717) is 59.5 Å². The zero-order valence-corrected chi connectivity index (χ0v) is 19.2. The van der Waals surface area contributed by atoms with E-state index in [0.717, 1.165) is 29.1 Å². The minimum absolute atomic E-state index is 0.475. The van der Waals surface area contributed by atoms with Crippen LogP contribution in [0, 0.1) is 0 Å². The van der Waals surface area contributed by atoms with Crippen LogP contribution in [0.25, 0.3) is 12.2 Å². The fourth-order valence-electron chi connectivity index (χ4n) is 3.18. The largest absolute Gasteiger partial charge is 0.489 e. The molecule has 2 heterocycles. The lowest BCUT2D eigenvalue weighted by Crippen LogP contribution is -2.25. The van der Waals surface area contributed by atoms with E-state index in [1.165, 1.54) is 0 Å². The summed E-state index contributed by atoms with van der Waals surface area (Å²) in [6, 6.07) is 10.4. The molecule has 0 fully saturated rings. The van der Waals surface area contributed by atoms with Crippen LogP contribution in [0.5, 0.6) is 5.75 Å². The lowest BCUT2D eigenvalue weighted by Gasteiger charge is -2.23. The Morgan fingerprint density at radius 2 is 1.28 bits per heavy atom.